The smallest absolute Gasteiger partial charge is 0.407 e. The Hall–Kier alpha value is -0.480. The Morgan fingerprint density at radius 2 is 2.00 bits per heavy atom. The van der Waals surface area contributed by atoms with Crippen LogP contribution in [0, 0.1) is 0 Å². The zero-order valence-electron chi connectivity index (χ0n) is 7.72. The highest BCUT2D eigenvalue weighted by Crippen LogP contribution is 2.05. The van der Waals surface area contributed by atoms with Gasteiger partial charge in [-0.05, 0) is 20.8 Å². The Balaban J connectivity index is 0. The Kier molecular flexibility index (Phi) is 7.13. The normalized spacial score (nSPS) is 10.0. The molecule has 4 nitrogen and oxygen atoms in total. The first kappa shape index (κ1) is 14.1. The van der Waals surface area contributed by atoms with Gasteiger partial charge in [0.2, 0.25) is 0 Å². The number of halogens is 1. The molecule has 0 radical (unpaired) electrons. The van der Waals surface area contributed by atoms with Crippen LogP contribution in [0.25, 0.3) is 0 Å². The quantitative estimate of drug-likeness (QED) is 0.690. The Labute approximate surface area is 79.2 Å². The van der Waals surface area contributed by atoms with Crippen molar-refractivity contribution < 1.29 is 9.53 Å². The summed E-state index contributed by atoms with van der Waals surface area (Å²) in [7, 11) is 0. The van der Waals surface area contributed by atoms with Gasteiger partial charge in [0.05, 0.1) is 0 Å². The predicted octanol–water partition coefficient (Wildman–Crippen LogP) is 0.892. The van der Waals surface area contributed by atoms with Gasteiger partial charge in [0.1, 0.15) is 5.60 Å². The van der Waals surface area contributed by atoms with E-state index in [-0.39, 0.29) is 12.4 Å². The lowest BCUT2D eigenvalue weighted by Crippen LogP contribution is -2.35. The summed E-state index contributed by atoms with van der Waals surface area (Å²) in [5.41, 5.74) is 4.74. The van der Waals surface area contributed by atoms with Crippen LogP contribution in [0.2, 0.25) is 0 Å². The third-order valence-electron chi connectivity index (χ3n) is 0.813. The number of ether oxygens (including phenoxy) is 1. The van der Waals surface area contributed by atoms with E-state index in [1.165, 1.54) is 0 Å². The minimum atomic E-state index is -0.432. The number of hydrogen-bond donors (Lipinski definition) is 2. The molecule has 0 aliphatic heterocycles. The van der Waals surface area contributed by atoms with Gasteiger partial charge in [0.15, 0.2) is 0 Å². The number of nitrogens with one attached hydrogen (secondary N) is 1. The largest absolute Gasteiger partial charge is 0.444 e. The topological polar surface area (TPSA) is 64.3 Å². The van der Waals surface area contributed by atoms with Gasteiger partial charge < -0.3 is 15.8 Å². The van der Waals surface area contributed by atoms with Crippen LogP contribution in [0.4, 0.5) is 4.79 Å². The SMILES string of the molecule is CC(C)(C)OC(=O)NCCN.Cl. The van der Waals surface area contributed by atoms with E-state index in [1.807, 2.05) is 20.8 Å². The summed E-state index contributed by atoms with van der Waals surface area (Å²) in [6.07, 6.45) is -0.414. The maximum atomic E-state index is 10.8. The van der Waals surface area contributed by atoms with Crippen LogP contribution in [-0.2, 0) is 4.74 Å². The van der Waals surface area contributed by atoms with Crippen molar-refractivity contribution in [1.82, 2.24) is 5.32 Å². The molecule has 12 heavy (non-hydrogen) atoms. The molecule has 0 unspecified atom stereocenters. The molecule has 5 heteroatoms. The summed E-state index contributed by atoms with van der Waals surface area (Å²) in [5.74, 6) is 0. The van der Waals surface area contributed by atoms with E-state index >= 15 is 0 Å². The standard InChI is InChI=1S/C7H16N2O2.ClH/c1-7(2,3)11-6(10)9-5-4-8;/h4-5,8H2,1-3H3,(H,9,10);1H. The van der Waals surface area contributed by atoms with E-state index in [0.29, 0.717) is 13.1 Å². The number of alkyl carbamates (subject to hydrolysis) is 1. The second-order valence-electron chi connectivity index (χ2n) is 3.22. The van der Waals surface area contributed by atoms with Crippen molar-refractivity contribution in [3.63, 3.8) is 0 Å². The van der Waals surface area contributed by atoms with Crippen molar-refractivity contribution in [3.8, 4) is 0 Å². The highest BCUT2D eigenvalue weighted by molar-refractivity contribution is 5.85. The average Bonchev–Trinajstić information content (AvgIpc) is 1.79. The molecule has 0 aliphatic rings. The van der Waals surface area contributed by atoms with Crippen LogP contribution in [-0.4, -0.2) is 24.8 Å². The Bertz CT molecular complexity index is 134. The zero-order chi connectivity index (χ0) is 8.91. The van der Waals surface area contributed by atoms with Gasteiger partial charge in [-0.15, -0.1) is 12.4 Å². The molecular weight excluding hydrogens is 180 g/mol. The number of carbonyl (C=O) groups is 1. The second-order valence-corrected chi connectivity index (χ2v) is 3.22. The second kappa shape index (κ2) is 6.08. The van der Waals surface area contributed by atoms with Gasteiger partial charge in [-0.3, -0.25) is 0 Å². The minimum absolute atomic E-state index is 0. The predicted molar refractivity (Wildman–Crippen MR) is 50.5 cm³/mol. The third kappa shape index (κ3) is 9.52. The van der Waals surface area contributed by atoms with Crippen LogP contribution >= 0.6 is 12.4 Å². The van der Waals surface area contributed by atoms with Crippen molar-refractivity contribution in [2.45, 2.75) is 26.4 Å². The molecule has 0 spiro atoms. The van der Waals surface area contributed by atoms with Gasteiger partial charge in [-0.1, -0.05) is 0 Å². The highest BCUT2D eigenvalue weighted by Gasteiger charge is 2.14. The molecule has 0 atom stereocenters. The lowest BCUT2D eigenvalue weighted by Gasteiger charge is -2.19. The van der Waals surface area contributed by atoms with Gasteiger partial charge in [0, 0.05) is 13.1 Å². The summed E-state index contributed by atoms with van der Waals surface area (Å²) < 4.78 is 4.93. The van der Waals surface area contributed by atoms with Crippen molar-refractivity contribution in [1.29, 1.82) is 0 Å². The van der Waals surface area contributed by atoms with Crippen molar-refractivity contribution in [2.24, 2.45) is 5.73 Å². The van der Waals surface area contributed by atoms with Crippen LogP contribution in [0.3, 0.4) is 0 Å². The number of rotatable bonds is 2. The fraction of sp³-hybridized carbons (Fsp3) is 0.857. The van der Waals surface area contributed by atoms with Crippen LogP contribution in [0.15, 0.2) is 0 Å². The maximum absolute atomic E-state index is 10.8. The van der Waals surface area contributed by atoms with Crippen LogP contribution in [0.5, 0.6) is 0 Å². The summed E-state index contributed by atoms with van der Waals surface area (Å²) in [5, 5.41) is 2.50. The third-order valence-corrected chi connectivity index (χ3v) is 0.813. The van der Waals surface area contributed by atoms with Gasteiger partial charge in [0.25, 0.3) is 0 Å². The molecular formula is C7H17ClN2O2. The first-order chi connectivity index (χ1) is 4.95. The van der Waals surface area contributed by atoms with E-state index in [4.69, 9.17) is 10.5 Å². The van der Waals surface area contributed by atoms with E-state index in [9.17, 15) is 4.79 Å². The average molecular weight is 197 g/mol. The van der Waals surface area contributed by atoms with Crippen LogP contribution < -0.4 is 11.1 Å². The molecule has 0 aromatic carbocycles. The van der Waals surface area contributed by atoms with Gasteiger partial charge in [-0.25, -0.2) is 4.79 Å². The molecule has 74 valence electrons. The molecule has 0 bridgehead atoms. The number of hydrogen-bond acceptors (Lipinski definition) is 3. The van der Waals surface area contributed by atoms with E-state index in [0.717, 1.165) is 0 Å². The molecule has 0 heterocycles. The first-order valence-corrected chi connectivity index (χ1v) is 3.62. The van der Waals surface area contributed by atoms with E-state index < -0.39 is 11.7 Å². The Morgan fingerprint density at radius 3 is 2.33 bits per heavy atom. The summed E-state index contributed by atoms with van der Waals surface area (Å²) in [6, 6.07) is 0. The number of amides is 1. The fourth-order valence-electron chi connectivity index (χ4n) is 0.488. The molecule has 0 aromatic rings. The summed E-state index contributed by atoms with van der Waals surface area (Å²) >= 11 is 0. The maximum Gasteiger partial charge on any atom is 0.407 e. The van der Waals surface area contributed by atoms with E-state index in [1.54, 1.807) is 0 Å². The van der Waals surface area contributed by atoms with Gasteiger partial charge in [-0.2, -0.15) is 0 Å². The number of nitrogens with two attached hydrogens (primary N) is 1. The highest BCUT2D eigenvalue weighted by atomic mass is 35.5. The number of carbonyl (C=O) groups excluding carboxylic acids is 1. The van der Waals surface area contributed by atoms with Gasteiger partial charge >= 0.3 is 6.09 Å². The monoisotopic (exact) mass is 196 g/mol. The molecule has 3 N–H and O–H groups in total. The van der Waals surface area contributed by atoms with Crippen molar-refractivity contribution >= 4 is 18.5 Å². The van der Waals surface area contributed by atoms with Crippen molar-refractivity contribution in [3.05, 3.63) is 0 Å². The van der Waals surface area contributed by atoms with E-state index in [2.05, 4.69) is 5.32 Å². The van der Waals surface area contributed by atoms with Crippen LogP contribution in [0.1, 0.15) is 20.8 Å². The molecule has 0 aliphatic carbocycles. The minimum Gasteiger partial charge on any atom is -0.444 e. The molecule has 0 aromatic heterocycles. The molecule has 0 saturated heterocycles. The summed E-state index contributed by atoms with van der Waals surface area (Å²) in [6.45, 7) is 6.33. The fourth-order valence-corrected chi connectivity index (χ4v) is 0.488. The summed E-state index contributed by atoms with van der Waals surface area (Å²) in [4.78, 5) is 10.8. The molecule has 0 saturated carbocycles. The molecule has 0 fully saturated rings. The van der Waals surface area contributed by atoms with Crippen molar-refractivity contribution in [2.75, 3.05) is 13.1 Å². The molecule has 0 rings (SSSR count). The zero-order valence-corrected chi connectivity index (χ0v) is 8.53. The Morgan fingerprint density at radius 1 is 1.50 bits per heavy atom. The lowest BCUT2D eigenvalue weighted by molar-refractivity contribution is 0.0529. The molecule has 1 amide bonds. The first-order valence-electron chi connectivity index (χ1n) is 3.62. The lowest BCUT2D eigenvalue weighted by atomic mass is 10.2.